The lowest BCUT2D eigenvalue weighted by Crippen LogP contribution is -1.99. The lowest BCUT2D eigenvalue weighted by Gasteiger charge is -2.11. The van der Waals surface area contributed by atoms with Crippen LogP contribution < -0.4 is 4.74 Å². The van der Waals surface area contributed by atoms with Crippen LogP contribution in [0.5, 0.6) is 5.75 Å². The monoisotopic (exact) mass is 347 g/mol. The third-order valence-corrected chi connectivity index (χ3v) is 3.68. The number of alkyl halides is 1. The first kappa shape index (κ1) is 15.7. The number of pyridine rings is 1. The number of halogens is 1. The number of aldehydes is 1. The van der Waals surface area contributed by atoms with E-state index in [1.165, 1.54) is 0 Å². The van der Waals surface area contributed by atoms with Crippen LogP contribution in [0.3, 0.4) is 0 Å². The molecule has 0 aliphatic heterocycles. The highest BCUT2D eigenvalue weighted by molar-refractivity contribution is 9.09. The molecule has 2 rings (SSSR count). The molecule has 0 radical (unpaired) electrons. The molecule has 0 aliphatic rings. The molecular formula is C17H18BrNO2. The number of nitrogens with zero attached hydrogens (tertiary/aromatic N) is 1. The number of unbranched alkanes of at least 4 members (excludes halogenated alkanes) is 2. The zero-order chi connectivity index (χ0) is 14.9. The van der Waals surface area contributed by atoms with E-state index < -0.39 is 0 Å². The lowest BCUT2D eigenvalue weighted by atomic mass is 10.1. The first-order valence-electron chi connectivity index (χ1n) is 7.04. The Balaban J connectivity index is 2.10. The molecular weight excluding hydrogens is 330 g/mol. The Morgan fingerprint density at radius 1 is 1.14 bits per heavy atom. The van der Waals surface area contributed by atoms with Crippen molar-refractivity contribution in [2.45, 2.75) is 19.3 Å². The molecule has 1 heterocycles. The lowest BCUT2D eigenvalue weighted by molar-refractivity contribution is 0.112. The van der Waals surface area contributed by atoms with Crippen molar-refractivity contribution in [3.05, 3.63) is 48.2 Å². The van der Waals surface area contributed by atoms with Gasteiger partial charge in [0.2, 0.25) is 0 Å². The molecule has 0 atom stereocenters. The van der Waals surface area contributed by atoms with Gasteiger partial charge in [-0.3, -0.25) is 9.78 Å². The maximum absolute atomic E-state index is 10.9. The van der Waals surface area contributed by atoms with Crippen LogP contribution in [0.25, 0.3) is 11.3 Å². The van der Waals surface area contributed by atoms with Crippen LogP contribution in [-0.2, 0) is 0 Å². The minimum Gasteiger partial charge on any atom is -0.493 e. The Hall–Kier alpha value is -1.68. The SMILES string of the molecule is O=Cc1ccnc(-c2ccccc2OCCCCCBr)c1. The van der Waals surface area contributed by atoms with Crippen molar-refractivity contribution >= 4 is 22.2 Å². The molecule has 110 valence electrons. The Kier molecular flexibility index (Phi) is 6.41. The Bertz CT molecular complexity index is 587. The fourth-order valence-electron chi connectivity index (χ4n) is 2.03. The highest BCUT2D eigenvalue weighted by atomic mass is 79.9. The van der Waals surface area contributed by atoms with Crippen molar-refractivity contribution in [2.24, 2.45) is 0 Å². The average molecular weight is 348 g/mol. The van der Waals surface area contributed by atoms with Crippen molar-refractivity contribution in [1.29, 1.82) is 0 Å². The van der Waals surface area contributed by atoms with E-state index in [1.54, 1.807) is 18.3 Å². The number of rotatable bonds is 8. The third-order valence-electron chi connectivity index (χ3n) is 3.12. The predicted octanol–water partition coefficient (Wildman–Crippen LogP) is 4.51. The van der Waals surface area contributed by atoms with E-state index in [0.717, 1.165) is 47.9 Å². The van der Waals surface area contributed by atoms with Crippen LogP contribution in [0.4, 0.5) is 0 Å². The molecule has 0 unspecified atom stereocenters. The molecule has 0 spiro atoms. The van der Waals surface area contributed by atoms with Crippen LogP contribution in [-0.4, -0.2) is 23.2 Å². The summed E-state index contributed by atoms with van der Waals surface area (Å²) < 4.78 is 5.87. The van der Waals surface area contributed by atoms with Crippen molar-refractivity contribution in [3.8, 4) is 17.0 Å². The molecule has 3 nitrogen and oxygen atoms in total. The van der Waals surface area contributed by atoms with E-state index in [-0.39, 0.29) is 0 Å². The first-order valence-corrected chi connectivity index (χ1v) is 8.16. The first-order chi connectivity index (χ1) is 10.3. The predicted molar refractivity (Wildman–Crippen MR) is 88.2 cm³/mol. The number of ether oxygens (including phenoxy) is 1. The summed E-state index contributed by atoms with van der Waals surface area (Å²) in [6, 6.07) is 11.3. The molecule has 0 saturated carbocycles. The Morgan fingerprint density at radius 2 is 2.00 bits per heavy atom. The maximum Gasteiger partial charge on any atom is 0.150 e. The molecule has 2 aromatic rings. The zero-order valence-corrected chi connectivity index (χ0v) is 13.4. The van der Waals surface area contributed by atoms with Gasteiger partial charge >= 0.3 is 0 Å². The summed E-state index contributed by atoms with van der Waals surface area (Å²) in [5, 5.41) is 1.03. The van der Waals surface area contributed by atoms with Crippen LogP contribution >= 0.6 is 15.9 Å². The van der Waals surface area contributed by atoms with Gasteiger partial charge in [-0.25, -0.2) is 0 Å². The molecule has 0 fully saturated rings. The summed E-state index contributed by atoms with van der Waals surface area (Å²) >= 11 is 3.42. The minimum absolute atomic E-state index is 0.618. The van der Waals surface area contributed by atoms with Gasteiger partial charge in [0.1, 0.15) is 12.0 Å². The summed E-state index contributed by atoms with van der Waals surface area (Å²) in [7, 11) is 0. The van der Waals surface area contributed by atoms with Gasteiger partial charge in [0.15, 0.2) is 0 Å². The van der Waals surface area contributed by atoms with Crippen LogP contribution in [0.1, 0.15) is 29.6 Å². The molecule has 0 saturated heterocycles. The van der Waals surface area contributed by atoms with Gasteiger partial charge in [-0.1, -0.05) is 28.1 Å². The van der Waals surface area contributed by atoms with E-state index in [1.807, 2.05) is 24.3 Å². The third kappa shape index (κ3) is 4.67. The normalized spacial score (nSPS) is 10.3. The topological polar surface area (TPSA) is 39.2 Å². The number of benzene rings is 1. The second kappa shape index (κ2) is 8.57. The number of para-hydroxylation sites is 1. The van der Waals surface area contributed by atoms with Gasteiger partial charge in [-0.15, -0.1) is 0 Å². The van der Waals surface area contributed by atoms with Crippen molar-refractivity contribution in [2.75, 3.05) is 11.9 Å². The fraction of sp³-hybridized carbons (Fsp3) is 0.294. The standard InChI is InChI=1S/C17H18BrNO2/c18-9-4-1-5-11-21-17-7-3-2-6-15(17)16-12-14(13-20)8-10-19-16/h2-3,6-8,10,12-13H,1,4-5,9,11H2. The van der Waals surface area contributed by atoms with Gasteiger partial charge in [-0.2, -0.15) is 0 Å². The molecule has 0 bridgehead atoms. The summed E-state index contributed by atoms with van der Waals surface area (Å²) in [6.45, 7) is 0.692. The van der Waals surface area contributed by atoms with Crippen molar-refractivity contribution in [3.63, 3.8) is 0 Å². The van der Waals surface area contributed by atoms with E-state index >= 15 is 0 Å². The zero-order valence-electron chi connectivity index (χ0n) is 11.8. The van der Waals surface area contributed by atoms with E-state index in [4.69, 9.17) is 4.74 Å². The van der Waals surface area contributed by atoms with Gasteiger partial charge in [-0.05, 0) is 43.5 Å². The molecule has 1 aromatic heterocycles. The summed E-state index contributed by atoms with van der Waals surface area (Å²) in [4.78, 5) is 15.2. The number of carbonyl (C=O) groups excluding carboxylic acids is 1. The van der Waals surface area contributed by atoms with E-state index in [9.17, 15) is 4.79 Å². The van der Waals surface area contributed by atoms with Crippen LogP contribution in [0, 0.1) is 0 Å². The molecule has 0 amide bonds. The van der Waals surface area contributed by atoms with Crippen molar-refractivity contribution < 1.29 is 9.53 Å². The quantitative estimate of drug-likeness (QED) is 0.400. The summed E-state index contributed by atoms with van der Waals surface area (Å²) in [6.07, 6.45) is 5.81. The van der Waals surface area contributed by atoms with E-state index in [2.05, 4.69) is 20.9 Å². The van der Waals surface area contributed by atoms with Crippen molar-refractivity contribution in [1.82, 2.24) is 4.98 Å². The molecule has 1 aromatic carbocycles. The Morgan fingerprint density at radius 3 is 2.81 bits per heavy atom. The second-order valence-corrected chi connectivity index (χ2v) is 5.48. The molecule has 0 aliphatic carbocycles. The second-order valence-electron chi connectivity index (χ2n) is 4.69. The Labute approximate surface area is 133 Å². The molecule has 4 heteroatoms. The molecule has 0 N–H and O–H groups in total. The molecule has 21 heavy (non-hydrogen) atoms. The van der Waals surface area contributed by atoms with Gasteiger partial charge in [0, 0.05) is 22.7 Å². The maximum atomic E-state index is 10.9. The highest BCUT2D eigenvalue weighted by Gasteiger charge is 2.07. The van der Waals surface area contributed by atoms with Crippen LogP contribution in [0.15, 0.2) is 42.6 Å². The fourth-order valence-corrected chi connectivity index (χ4v) is 2.42. The van der Waals surface area contributed by atoms with Gasteiger partial charge < -0.3 is 4.74 Å². The summed E-state index contributed by atoms with van der Waals surface area (Å²) in [5.74, 6) is 0.812. The largest absolute Gasteiger partial charge is 0.493 e. The van der Waals surface area contributed by atoms with E-state index in [0.29, 0.717) is 12.2 Å². The number of hydrogen-bond donors (Lipinski definition) is 0. The number of hydrogen-bond acceptors (Lipinski definition) is 3. The summed E-state index contributed by atoms with van der Waals surface area (Å²) in [5.41, 5.74) is 2.30. The van der Waals surface area contributed by atoms with Gasteiger partial charge in [0.05, 0.1) is 12.3 Å². The minimum atomic E-state index is 0.618. The average Bonchev–Trinajstić information content (AvgIpc) is 2.55. The van der Waals surface area contributed by atoms with Gasteiger partial charge in [0.25, 0.3) is 0 Å². The highest BCUT2D eigenvalue weighted by Crippen LogP contribution is 2.28. The van der Waals surface area contributed by atoms with Crippen LogP contribution in [0.2, 0.25) is 0 Å². The number of aromatic nitrogens is 1. The smallest absolute Gasteiger partial charge is 0.150 e. The number of carbonyl (C=O) groups is 1.